The number of hydrogen-bond donors (Lipinski definition) is 0. The Kier molecular flexibility index (Phi) is 5.01. The molecule has 2 aromatic rings. The third kappa shape index (κ3) is 4.07. The highest BCUT2D eigenvalue weighted by Crippen LogP contribution is 2.32. The molecule has 1 aliphatic heterocycles. The van der Waals surface area contributed by atoms with E-state index >= 15 is 0 Å². The molecule has 1 amide bonds. The van der Waals surface area contributed by atoms with E-state index in [4.69, 9.17) is 14.2 Å². The average molecular weight is 325 g/mol. The van der Waals surface area contributed by atoms with Crippen molar-refractivity contribution >= 4 is 12.0 Å². The summed E-state index contributed by atoms with van der Waals surface area (Å²) in [4.78, 5) is 13.7. The molecule has 5 heteroatoms. The molecule has 0 N–H and O–H groups in total. The Hall–Kier alpha value is -2.95. The molecule has 5 nitrogen and oxygen atoms in total. The maximum atomic E-state index is 12.1. The lowest BCUT2D eigenvalue weighted by Crippen LogP contribution is -2.29. The molecule has 0 bridgehead atoms. The van der Waals surface area contributed by atoms with Crippen LogP contribution in [-0.2, 0) is 4.79 Å². The molecule has 124 valence electrons. The topological polar surface area (TPSA) is 48.0 Å². The monoisotopic (exact) mass is 325 g/mol. The number of carbonyl (C=O) groups excluding carboxylic acids is 1. The van der Waals surface area contributed by atoms with Crippen LogP contribution in [0.1, 0.15) is 5.56 Å². The van der Waals surface area contributed by atoms with Gasteiger partial charge < -0.3 is 19.1 Å². The van der Waals surface area contributed by atoms with Crippen molar-refractivity contribution in [3.63, 3.8) is 0 Å². The first-order valence-corrected chi connectivity index (χ1v) is 7.73. The van der Waals surface area contributed by atoms with Gasteiger partial charge >= 0.3 is 0 Å². The van der Waals surface area contributed by atoms with Gasteiger partial charge in [0.05, 0.1) is 6.54 Å². The second kappa shape index (κ2) is 7.55. The van der Waals surface area contributed by atoms with Gasteiger partial charge in [-0.25, -0.2) is 0 Å². The van der Waals surface area contributed by atoms with Gasteiger partial charge in [-0.2, -0.15) is 0 Å². The lowest BCUT2D eigenvalue weighted by molar-refractivity contribution is -0.125. The average Bonchev–Trinajstić information content (AvgIpc) is 3.08. The zero-order valence-electron chi connectivity index (χ0n) is 13.5. The highest BCUT2D eigenvalue weighted by molar-refractivity contribution is 5.91. The summed E-state index contributed by atoms with van der Waals surface area (Å²) in [7, 11) is 1.75. The second-order valence-corrected chi connectivity index (χ2v) is 5.37. The van der Waals surface area contributed by atoms with Gasteiger partial charge in [-0.05, 0) is 35.9 Å². The third-order valence-electron chi connectivity index (χ3n) is 3.63. The summed E-state index contributed by atoms with van der Waals surface area (Å²) in [6, 6.07) is 15.1. The number of rotatable bonds is 6. The fraction of sp³-hybridized carbons (Fsp3) is 0.211. The Morgan fingerprint density at radius 3 is 2.79 bits per heavy atom. The molecule has 3 rings (SSSR count). The van der Waals surface area contributed by atoms with E-state index in [0.29, 0.717) is 18.9 Å². The Labute approximate surface area is 141 Å². The summed E-state index contributed by atoms with van der Waals surface area (Å²) in [5.74, 6) is 2.15. The fourth-order valence-electron chi connectivity index (χ4n) is 2.24. The predicted octanol–water partition coefficient (Wildman–Crippen LogP) is 2.97. The first-order valence-electron chi connectivity index (χ1n) is 7.73. The minimum absolute atomic E-state index is 0.0793. The molecule has 0 aliphatic carbocycles. The zero-order valence-corrected chi connectivity index (χ0v) is 13.5. The van der Waals surface area contributed by atoms with Crippen LogP contribution in [0, 0.1) is 0 Å². The van der Waals surface area contributed by atoms with Crippen LogP contribution in [0.2, 0.25) is 0 Å². The fourth-order valence-corrected chi connectivity index (χ4v) is 2.24. The van der Waals surface area contributed by atoms with Gasteiger partial charge in [0.15, 0.2) is 11.5 Å². The van der Waals surface area contributed by atoms with Crippen molar-refractivity contribution < 1.29 is 19.0 Å². The van der Waals surface area contributed by atoms with Crippen LogP contribution in [0.5, 0.6) is 17.2 Å². The summed E-state index contributed by atoms with van der Waals surface area (Å²) in [5, 5.41) is 0. The zero-order chi connectivity index (χ0) is 16.8. The van der Waals surface area contributed by atoms with Crippen molar-refractivity contribution in [1.29, 1.82) is 0 Å². The minimum atomic E-state index is -0.0793. The first kappa shape index (κ1) is 15.9. The molecular formula is C19H19NO4. The molecule has 1 aliphatic rings. The number of fused-ring (bicyclic) bond motifs is 1. The van der Waals surface area contributed by atoms with E-state index in [9.17, 15) is 4.79 Å². The summed E-state index contributed by atoms with van der Waals surface area (Å²) >= 11 is 0. The number of likely N-dealkylation sites (N-methyl/N-ethyl adjacent to an activating group) is 1. The molecule has 0 unspecified atom stereocenters. The van der Waals surface area contributed by atoms with E-state index in [1.54, 1.807) is 24.1 Å². The minimum Gasteiger partial charge on any atom is -0.492 e. The number of hydrogen-bond acceptors (Lipinski definition) is 4. The number of nitrogens with zero attached hydrogens (tertiary/aromatic N) is 1. The largest absolute Gasteiger partial charge is 0.492 e. The van der Waals surface area contributed by atoms with Crippen LogP contribution in [0.4, 0.5) is 0 Å². The highest BCUT2D eigenvalue weighted by atomic mass is 16.7. The van der Waals surface area contributed by atoms with Gasteiger partial charge in [-0.1, -0.05) is 24.3 Å². The van der Waals surface area contributed by atoms with E-state index in [1.165, 1.54) is 0 Å². The van der Waals surface area contributed by atoms with Gasteiger partial charge in [-0.3, -0.25) is 4.79 Å². The van der Waals surface area contributed by atoms with Crippen LogP contribution < -0.4 is 14.2 Å². The molecule has 2 aromatic carbocycles. The predicted molar refractivity (Wildman–Crippen MR) is 91.2 cm³/mol. The van der Waals surface area contributed by atoms with Crippen molar-refractivity contribution in [2.24, 2.45) is 0 Å². The lowest BCUT2D eigenvalue weighted by atomic mass is 10.2. The van der Waals surface area contributed by atoms with Crippen molar-refractivity contribution in [1.82, 2.24) is 4.90 Å². The van der Waals surface area contributed by atoms with Crippen LogP contribution >= 0.6 is 0 Å². The Morgan fingerprint density at radius 2 is 1.96 bits per heavy atom. The number of para-hydroxylation sites is 1. The normalized spacial score (nSPS) is 12.4. The van der Waals surface area contributed by atoms with Crippen LogP contribution in [0.25, 0.3) is 6.08 Å². The number of benzene rings is 2. The maximum absolute atomic E-state index is 12.1. The molecule has 0 aromatic heterocycles. The molecule has 0 saturated carbocycles. The molecule has 0 atom stereocenters. The molecule has 1 heterocycles. The smallest absolute Gasteiger partial charge is 0.246 e. The Bertz CT molecular complexity index is 727. The summed E-state index contributed by atoms with van der Waals surface area (Å²) in [6.45, 7) is 1.20. The van der Waals surface area contributed by atoms with Crippen molar-refractivity contribution in [3.8, 4) is 17.2 Å². The van der Waals surface area contributed by atoms with E-state index < -0.39 is 0 Å². The summed E-state index contributed by atoms with van der Waals surface area (Å²) < 4.78 is 16.2. The molecule has 0 saturated heterocycles. The molecule has 0 radical (unpaired) electrons. The van der Waals surface area contributed by atoms with E-state index in [0.717, 1.165) is 17.1 Å². The van der Waals surface area contributed by atoms with Crippen LogP contribution in [0.3, 0.4) is 0 Å². The summed E-state index contributed by atoms with van der Waals surface area (Å²) in [6.07, 6.45) is 3.30. The quantitative estimate of drug-likeness (QED) is 0.766. The number of amides is 1. The SMILES string of the molecule is CN(CCOc1ccccc1)C(=O)C=Cc1ccc2c(c1)OCO2. The number of carbonyl (C=O) groups is 1. The standard InChI is InChI=1S/C19H19NO4/c1-20(11-12-22-16-5-3-2-4-6-16)19(21)10-8-15-7-9-17-18(13-15)24-14-23-17/h2-10,13H,11-12,14H2,1H3. The van der Waals surface area contributed by atoms with E-state index in [2.05, 4.69) is 0 Å². The van der Waals surface area contributed by atoms with E-state index in [-0.39, 0.29) is 12.7 Å². The summed E-state index contributed by atoms with van der Waals surface area (Å²) in [5.41, 5.74) is 0.890. The molecular weight excluding hydrogens is 306 g/mol. The highest BCUT2D eigenvalue weighted by Gasteiger charge is 2.12. The van der Waals surface area contributed by atoms with E-state index in [1.807, 2.05) is 48.5 Å². The van der Waals surface area contributed by atoms with Crippen molar-refractivity contribution in [3.05, 3.63) is 60.2 Å². The van der Waals surface area contributed by atoms with Gasteiger partial charge in [0.1, 0.15) is 12.4 Å². The van der Waals surface area contributed by atoms with Gasteiger partial charge in [0.2, 0.25) is 12.7 Å². The van der Waals surface area contributed by atoms with Gasteiger partial charge in [0.25, 0.3) is 0 Å². The molecule has 0 spiro atoms. The van der Waals surface area contributed by atoms with Gasteiger partial charge in [-0.15, -0.1) is 0 Å². The molecule has 24 heavy (non-hydrogen) atoms. The second-order valence-electron chi connectivity index (χ2n) is 5.37. The lowest BCUT2D eigenvalue weighted by Gasteiger charge is -2.15. The van der Waals surface area contributed by atoms with Crippen molar-refractivity contribution in [2.75, 3.05) is 27.0 Å². The van der Waals surface area contributed by atoms with Crippen LogP contribution in [0.15, 0.2) is 54.6 Å². The first-order chi connectivity index (χ1) is 11.7. The number of ether oxygens (including phenoxy) is 3. The molecule has 0 fully saturated rings. The Morgan fingerprint density at radius 1 is 1.17 bits per heavy atom. The maximum Gasteiger partial charge on any atom is 0.246 e. The van der Waals surface area contributed by atoms with Crippen LogP contribution in [-0.4, -0.2) is 37.8 Å². The Balaban J connectivity index is 1.48. The third-order valence-corrected chi connectivity index (χ3v) is 3.63. The van der Waals surface area contributed by atoms with Crippen molar-refractivity contribution in [2.45, 2.75) is 0 Å². The van der Waals surface area contributed by atoms with Gasteiger partial charge in [0, 0.05) is 13.1 Å².